The first-order valence-electron chi connectivity index (χ1n) is 7.82. The number of carbonyl (C=O) groups is 1. The summed E-state index contributed by atoms with van der Waals surface area (Å²) in [5.41, 5.74) is 2.53. The number of amides is 1. The number of nitrogens with one attached hydrogen (secondary N) is 1. The Hall–Kier alpha value is -1.70. The van der Waals surface area contributed by atoms with Crippen LogP contribution in [0.2, 0.25) is 0 Å². The van der Waals surface area contributed by atoms with Gasteiger partial charge in [-0.2, -0.15) is 0 Å². The maximum atomic E-state index is 12.7. The molecule has 1 aromatic heterocycles. The van der Waals surface area contributed by atoms with Gasteiger partial charge in [0.25, 0.3) is 5.91 Å². The molecular formula is C17H20N2O3S2. The minimum atomic E-state index is -3.17. The molecule has 3 rings (SSSR count). The number of rotatable bonds is 5. The lowest BCUT2D eigenvalue weighted by atomic mass is 10.00. The van der Waals surface area contributed by atoms with Crippen LogP contribution in [0, 0.1) is 0 Å². The molecule has 0 saturated heterocycles. The predicted octanol–water partition coefficient (Wildman–Crippen LogP) is 2.04. The Bertz CT molecular complexity index is 843. The fourth-order valence-electron chi connectivity index (χ4n) is 2.81. The first kappa shape index (κ1) is 17.1. The zero-order valence-electron chi connectivity index (χ0n) is 13.5. The minimum Gasteiger partial charge on any atom is -0.333 e. The maximum absolute atomic E-state index is 12.7. The lowest BCUT2D eigenvalue weighted by Crippen LogP contribution is -2.35. The average Bonchev–Trinajstić information content (AvgIpc) is 3.01. The molecule has 1 N–H and O–H groups in total. The Morgan fingerprint density at radius 2 is 1.96 bits per heavy atom. The fraction of sp³-hybridized carbons (Fsp3) is 0.353. The second-order valence-corrected chi connectivity index (χ2v) is 8.93. The molecule has 1 aliphatic heterocycles. The Labute approximate surface area is 146 Å². The molecule has 0 bridgehead atoms. The third-order valence-corrected chi connectivity index (χ3v) is 5.89. The largest absolute Gasteiger partial charge is 0.333 e. The highest BCUT2D eigenvalue weighted by molar-refractivity contribution is 7.88. The molecule has 5 nitrogen and oxygen atoms in total. The van der Waals surface area contributed by atoms with Gasteiger partial charge in [-0.1, -0.05) is 24.3 Å². The van der Waals surface area contributed by atoms with Crippen molar-refractivity contribution in [1.82, 2.24) is 9.62 Å². The molecule has 7 heteroatoms. The van der Waals surface area contributed by atoms with Crippen LogP contribution < -0.4 is 4.72 Å². The van der Waals surface area contributed by atoms with Gasteiger partial charge in [0.2, 0.25) is 10.0 Å². The van der Waals surface area contributed by atoms with Crippen LogP contribution in [0.5, 0.6) is 0 Å². The molecular weight excluding hydrogens is 344 g/mol. The van der Waals surface area contributed by atoms with Gasteiger partial charge < -0.3 is 4.90 Å². The van der Waals surface area contributed by atoms with Gasteiger partial charge in [-0.15, -0.1) is 11.3 Å². The van der Waals surface area contributed by atoms with E-state index in [1.165, 1.54) is 22.5 Å². The van der Waals surface area contributed by atoms with Crippen molar-refractivity contribution in [3.8, 4) is 0 Å². The summed E-state index contributed by atoms with van der Waals surface area (Å²) in [6, 6.07) is 12.0. The molecule has 0 saturated carbocycles. The standard InChI is InChI=1S/C17H20N2O3S2/c1-24(21,22)18-10-8-15-6-7-16(23-15)17(20)19-11-9-13-4-2-3-5-14(13)12-19/h2-7,18H,8-12H2,1H3. The van der Waals surface area contributed by atoms with Crippen LogP contribution in [0.25, 0.3) is 0 Å². The molecule has 128 valence electrons. The van der Waals surface area contributed by atoms with Crippen LogP contribution >= 0.6 is 11.3 Å². The van der Waals surface area contributed by atoms with Crippen LogP contribution in [0.1, 0.15) is 25.7 Å². The zero-order chi connectivity index (χ0) is 17.2. The van der Waals surface area contributed by atoms with Gasteiger partial charge in [0.05, 0.1) is 11.1 Å². The lowest BCUT2D eigenvalue weighted by molar-refractivity contribution is 0.0739. The number of sulfonamides is 1. The first-order valence-corrected chi connectivity index (χ1v) is 10.5. The van der Waals surface area contributed by atoms with Crippen LogP contribution in [0.15, 0.2) is 36.4 Å². The molecule has 0 spiro atoms. The maximum Gasteiger partial charge on any atom is 0.264 e. The van der Waals surface area contributed by atoms with Crippen LogP contribution in [-0.4, -0.2) is 38.6 Å². The van der Waals surface area contributed by atoms with Gasteiger partial charge in [-0.3, -0.25) is 4.79 Å². The number of nitrogens with zero attached hydrogens (tertiary/aromatic N) is 1. The summed E-state index contributed by atoms with van der Waals surface area (Å²) in [6.07, 6.45) is 2.62. The Morgan fingerprint density at radius 3 is 2.71 bits per heavy atom. The highest BCUT2D eigenvalue weighted by Crippen LogP contribution is 2.23. The summed E-state index contributed by atoms with van der Waals surface area (Å²) >= 11 is 1.44. The van der Waals surface area contributed by atoms with Crippen molar-refractivity contribution in [2.45, 2.75) is 19.4 Å². The fourth-order valence-corrected chi connectivity index (χ4v) is 4.26. The third kappa shape index (κ3) is 4.23. The van der Waals surface area contributed by atoms with E-state index in [9.17, 15) is 13.2 Å². The SMILES string of the molecule is CS(=O)(=O)NCCc1ccc(C(=O)N2CCc3ccccc3C2)s1. The van der Waals surface area contributed by atoms with E-state index in [4.69, 9.17) is 0 Å². The molecule has 1 aromatic carbocycles. The Morgan fingerprint density at radius 1 is 1.21 bits per heavy atom. The summed E-state index contributed by atoms with van der Waals surface area (Å²) in [4.78, 5) is 16.3. The van der Waals surface area contributed by atoms with E-state index >= 15 is 0 Å². The number of hydrogen-bond donors (Lipinski definition) is 1. The van der Waals surface area contributed by atoms with Crippen molar-refractivity contribution in [3.05, 3.63) is 57.3 Å². The summed E-state index contributed by atoms with van der Waals surface area (Å²) in [6.45, 7) is 1.74. The number of carbonyl (C=O) groups excluding carboxylic acids is 1. The molecule has 2 aromatic rings. The molecule has 1 amide bonds. The molecule has 0 atom stereocenters. The monoisotopic (exact) mass is 364 g/mol. The molecule has 0 fully saturated rings. The predicted molar refractivity (Wildman–Crippen MR) is 95.8 cm³/mol. The first-order chi connectivity index (χ1) is 11.4. The summed E-state index contributed by atoms with van der Waals surface area (Å²) in [7, 11) is -3.17. The van der Waals surface area contributed by atoms with Crippen LogP contribution in [-0.2, 0) is 29.4 Å². The Balaban J connectivity index is 1.62. The third-order valence-electron chi connectivity index (χ3n) is 4.03. The van der Waals surface area contributed by atoms with E-state index in [0.717, 1.165) is 24.1 Å². The molecule has 24 heavy (non-hydrogen) atoms. The van der Waals surface area contributed by atoms with Gasteiger partial charge in [0, 0.05) is 24.5 Å². The molecule has 2 heterocycles. The number of thiophene rings is 1. The van der Waals surface area contributed by atoms with Crippen molar-refractivity contribution in [3.63, 3.8) is 0 Å². The lowest BCUT2D eigenvalue weighted by Gasteiger charge is -2.28. The van der Waals surface area contributed by atoms with E-state index in [1.54, 1.807) is 0 Å². The minimum absolute atomic E-state index is 0.0526. The van der Waals surface area contributed by atoms with Crippen molar-refractivity contribution >= 4 is 27.3 Å². The van der Waals surface area contributed by atoms with Crippen molar-refractivity contribution in [1.29, 1.82) is 0 Å². The number of hydrogen-bond acceptors (Lipinski definition) is 4. The molecule has 0 radical (unpaired) electrons. The summed E-state index contributed by atoms with van der Waals surface area (Å²) in [5, 5.41) is 0. The highest BCUT2D eigenvalue weighted by Gasteiger charge is 2.22. The quantitative estimate of drug-likeness (QED) is 0.883. The second-order valence-electron chi connectivity index (χ2n) is 5.93. The second kappa shape index (κ2) is 7.04. The highest BCUT2D eigenvalue weighted by atomic mass is 32.2. The van der Waals surface area contributed by atoms with E-state index < -0.39 is 10.0 Å². The van der Waals surface area contributed by atoms with Crippen molar-refractivity contribution in [2.24, 2.45) is 0 Å². The molecule has 0 unspecified atom stereocenters. The van der Waals surface area contributed by atoms with E-state index in [0.29, 0.717) is 24.4 Å². The van der Waals surface area contributed by atoms with Gasteiger partial charge in [0.1, 0.15) is 0 Å². The van der Waals surface area contributed by atoms with E-state index in [2.05, 4.69) is 16.9 Å². The average molecular weight is 364 g/mol. The van der Waals surface area contributed by atoms with E-state index in [-0.39, 0.29) is 5.91 Å². The van der Waals surface area contributed by atoms with Crippen LogP contribution in [0.3, 0.4) is 0 Å². The number of benzene rings is 1. The van der Waals surface area contributed by atoms with Gasteiger partial charge in [0.15, 0.2) is 0 Å². The van der Waals surface area contributed by atoms with E-state index in [1.807, 2.05) is 29.2 Å². The van der Waals surface area contributed by atoms with Crippen molar-refractivity contribution < 1.29 is 13.2 Å². The van der Waals surface area contributed by atoms with Crippen molar-refractivity contribution in [2.75, 3.05) is 19.3 Å². The summed E-state index contributed by atoms with van der Waals surface area (Å²) in [5.74, 6) is 0.0526. The topological polar surface area (TPSA) is 66.5 Å². The van der Waals surface area contributed by atoms with Gasteiger partial charge in [-0.25, -0.2) is 13.1 Å². The van der Waals surface area contributed by atoms with Crippen LogP contribution in [0.4, 0.5) is 0 Å². The molecule has 1 aliphatic rings. The Kier molecular flexibility index (Phi) is 5.03. The number of fused-ring (bicyclic) bond motifs is 1. The smallest absolute Gasteiger partial charge is 0.264 e. The van der Waals surface area contributed by atoms with Gasteiger partial charge >= 0.3 is 0 Å². The van der Waals surface area contributed by atoms with Gasteiger partial charge in [-0.05, 0) is 36.1 Å². The zero-order valence-corrected chi connectivity index (χ0v) is 15.1. The molecule has 0 aliphatic carbocycles. The normalized spacial score (nSPS) is 14.5. The summed E-state index contributed by atoms with van der Waals surface area (Å²) < 4.78 is 24.6.